The summed E-state index contributed by atoms with van der Waals surface area (Å²) >= 11 is 0. The van der Waals surface area contributed by atoms with Crippen LogP contribution >= 0.6 is 0 Å². The van der Waals surface area contributed by atoms with Gasteiger partial charge in [-0.2, -0.15) is 18.3 Å². The summed E-state index contributed by atoms with van der Waals surface area (Å²) in [6.45, 7) is 3.58. The fraction of sp³-hybridized carbons (Fsp3) is 0.385. The second kappa shape index (κ2) is 9.73. The van der Waals surface area contributed by atoms with Gasteiger partial charge < -0.3 is 15.1 Å². The van der Waals surface area contributed by atoms with Gasteiger partial charge in [0.1, 0.15) is 0 Å². The minimum atomic E-state index is -4.54. The fourth-order valence-electron chi connectivity index (χ4n) is 5.07. The zero-order valence-corrected chi connectivity index (χ0v) is 19.3. The number of piperidine rings is 1. The van der Waals surface area contributed by atoms with E-state index in [1.807, 2.05) is 11.0 Å². The number of amides is 1. The van der Waals surface area contributed by atoms with Gasteiger partial charge in [0.2, 0.25) is 0 Å². The van der Waals surface area contributed by atoms with Crippen LogP contribution in [0.3, 0.4) is 0 Å². The first-order valence-corrected chi connectivity index (χ1v) is 12.0. The SMILES string of the molecule is O=C(Nc1cccc(-c2cn[nH]c2)c1)c1cc(N2CCC(N3CCCC3)CC2)cc(C(F)(F)F)c1. The zero-order valence-electron chi connectivity index (χ0n) is 19.3. The first-order valence-electron chi connectivity index (χ1n) is 12.0. The van der Waals surface area contributed by atoms with Gasteiger partial charge in [0, 0.05) is 47.8 Å². The topological polar surface area (TPSA) is 64.3 Å². The highest BCUT2D eigenvalue weighted by Crippen LogP contribution is 2.34. The molecular weight excluding hydrogens is 455 g/mol. The molecular formula is C26H28F3N5O. The molecule has 0 atom stereocenters. The van der Waals surface area contributed by atoms with E-state index in [9.17, 15) is 18.0 Å². The number of likely N-dealkylation sites (tertiary alicyclic amines) is 1. The zero-order chi connectivity index (χ0) is 24.4. The Kier molecular flexibility index (Phi) is 6.51. The van der Waals surface area contributed by atoms with Crippen molar-refractivity contribution in [2.45, 2.75) is 37.9 Å². The van der Waals surface area contributed by atoms with Gasteiger partial charge in [0.05, 0.1) is 11.8 Å². The Morgan fingerprint density at radius 2 is 1.77 bits per heavy atom. The lowest BCUT2D eigenvalue weighted by molar-refractivity contribution is -0.137. The molecule has 2 aliphatic heterocycles. The Morgan fingerprint density at radius 3 is 2.46 bits per heavy atom. The van der Waals surface area contributed by atoms with E-state index in [0.717, 1.165) is 49.2 Å². The maximum Gasteiger partial charge on any atom is 0.416 e. The van der Waals surface area contributed by atoms with E-state index >= 15 is 0 Å². The first-order chi connectivity index (χ1) is 16.9. The molecule has 35 heavy (non-hydrogen) atoms. The molecule has 0 unspecified atom stereocenters. The number of hydrogen-bond donors (Lipinski definition) is 2. The lowest BCUT2D eigenvalue weighted by Gasteiger charge is -2.38. The summed E-state index contributed by atoms with van der Waals surface area (Å²) in [6, 6.07) is 11.3. The number of H-pyrrole nitrogens is 1. The third-order valence-electron chi connectivity index (χ3n) is 6.95. The number of aromatic nitrogens is 2. The summed E-state index contributed by atoms with van der Waals surface area (Å²) in [4.78, 5) is 17.5. The van der Waals surface area contributed by atoms with Crippen LogP contribution < -0.4 is 10.2 Å². The second-order valence-electron chi connectivity index (χ2n) is 9.25. The van der Waals surface area contributed by atoms with Gasteiger partial charge >= 0.3 is 6.18 Å². The minimum absolute atomic E-state index is 0.00907. The largest absolute Gasteiger partial charge is 0.416 e. The lowest BCUT2D eigenvalue weighted by Crippen LogP contribution is -2.44. The normalized spacial score (nSPS) is 17.6. The minimum Gasteiger partial charge on any atom is -0.371 e. The van der Waals surface area contributed by atoms with Crippen LogP contribution in [0.1, 0.15) is 41.6 Å². The van der Waals surface area contributed by atoms with Crippen LogP contribution in [0.5, 0.6) is 0 Å². The average molecular weight is 484 g/mol. The van der Waals surface area contributed by atoms with Crippen LogP contribution in [0.4, 0.5) is 24.5 Å². The van der Waals surface area contributed by atoms with E-state index in [4.69, 9.17) is 0 Å². The van der Waals surface area contributed by atoms with Crippen molar-refractivity contribution in [3.05, 3.63) is 66.0 Å². The van der Waals surface area contributed by atoms with Crippen molar-refractivity contribution in [3.8, 4) is 11.1 Å². The van der Waals surface area contributed by atoms with E-state index in [-0.39, 0.29) is 5.56 Å². The summed E-state index contributed by atoms with van der Waals surface area (Å²) in [5, 5.41) is 9.41. The summed E-state index contributed by atoms with van der Waals surface area (Å²) < 4.78 is 41.1. The van der Waals surface area contributed by atoms with Gasteiger partial charge in [-0.1, -0.05) is 12.1 Å². The maximum atomic E-state index is 13.7. The average Bonchev–Trinajstić information content (AvgIpc) is 3.58. The molecule has 5 rings (SSSR count). The number of halogens is 3. The Labute approximate surface area is 202 Å². The molecule has 3 aromatic rings. The third-order valence-corrected chi connectivity index (χ3v) is 6.95. The molecule has 0 radical (unpaired) electrons. The highest BCUT2D eigenvalue weighted by atomic mass is 19.4. The Morgan fingerprint density at radius 1 is 1.00 bits per heavy atom. The smallest absolute Gasteiger partial charge is 0.371 e. The van der Waals surface area contributed by atoms with Gasteiger partial charge in [-0.3, -0.25) is 9.89 Å². The number of anilines is 2. The number of hydrogen-bond acceptors (Lipinski definition) is 4. The van der Waals surface area contributed by atoms with Crippen molar-refractivity contribution in [2.75, 3.05) is 36.4 Å². The molecule has 0 saturated carbocycles. The lowest BCUT2D eigenvalue weighted by atomic mass is 10.0. The van der Waals surface area contributed by atoms with Crippen molar-refractivity contribution in [1.82, 2.24) is 15.1 Å². The molecule has 0 bridgehead atoms. The molecule has 3 heterocycles. The van der Waals surface area contributed by atoms with E-state index in [1.165, 1.54) is 12.8 Å². The number of rotatable bonds is 5. The molecule has 6 nitrogen and oxygen atoms in total. The Hall–Kier alpha value is -3.33. The molecule has 1 aromatic heterocycles. The van der Waals surface area contributed by atoms with Gasteiger partial charge in [0.15, 0.2) is 0 Å². The number of carbonyl (C=O) groups excluding carboxylic acids is 1. The monoisotopic (exact) mass is 483 g/mol. The molecule has 9 heteroatoms. The van der Waals surface area contributed by atoms with Crippen LogP contribution in [0.25, 0.3) is 11.1 Å². The first kappa shape index (κ1) is 23.4. The number of nitrogens with one attached hydrogen (secondary N) is 2. The van der Waals surface area contributed by atoms with Crippen LogP contribution in [0, 0.1) is 0 Å². The highest BCUT2D eigenvalue weighted by molar-refractivity contribution is 6.05. The van der Waals surface area contributed by atoms with Crippen LogP contribution in [-0.2, 0) is 6.18 Å². The molecule has 2 aliphatic rings. The maximum absolute atomic E-state index is 13.7. The van der Waals surface area contributed by atoms with Gasteiger partial charge in [-0.25, -0.2) is 0 Å². The van der Waals surface area contributed by atoms with E-state index in [0.29, 0.717) is 30.5 Å². The number of aromatic amines is 1. The van der Waals surface area contributed by atoms with Crippen molar-refractivity contribution in [1.29, 1.82) is 0 Å². The van der Waals surface area contributed by atoms with Crippen LogP contribution in [0.15, 0.2) is 54.9 Å². The number of alkyl halides is 3. The Bertz CT molecular complexity index is 1160. The van der Waals surface area contributed by atoms with Crippen LogP contribution in [-0.4, -0.2) is 53.2 Å². The number of carbonyl (C=O) groups is 1. The summed E-state index contributed by atoms with van der Waals surface area (Å²) in [7, 11) is 0. The van der Waals surface area contributed by atoms with Gasteiger partial charge in [-0.15, -0.1) is 0 Å². The highest BCUT2D eigenvalue weighted by Gasteiger charge is 2.33. The molecule has 1 amide bonds. The van der Waals surface area contributed by atoms with Crippen molar-refractivity contribution >= 4 is 17.3 Å². The standard InChI is InChI=1S/C26H28F3N5O/c27-26(28,29)21-12-19(25(35)32-22-5-3-4-18(13-22)20-16-30-31-17-20)14-24(15-21)34-10-6-23(7-11-34)33-8-1-2-9-33/h3-5,12-17,23H,1-2,6-11H2,(H,30,31)(H,32,35). The van der Waals surface area contributed by atoms with Crippen molar-refractivity contribution in [3.63, 3.8) is 0 Å². The summed E-state index contributed by atoms with van der Waals surface area (Å²) in [5.74, 6) is -0.575. The fourth-order valence-corrected chi connectivity index (χ4v) is 5.07. The van der Waals surface area contributed by atoms with Crippen molar-refractivity contribution in [2.24, 2.45) is 0 Å². The quantitative estimate of drug-likeness (QED) is 0.509. The van der Waals surface area contributed by atoms with Crippen molar-refractivity contribution < 1.29 is 18.0 Å². The van der Waals surface area contributed by atoms with Gasteiger partial charge in [-0.05, 0) is 74.7 Å². The molecule has 0 spiro atoms. The predicted octanol–water partition coefficient (Wildman–Crippen LogP) is 5.41. The number of benzene rings is 2. The van der Waals surface area contributed by atoms with E-state index < -0.39 is 17.6 Å². The second-order valence-corrected chi connectivity index (χ2v) is 9.25. The van der Waals surface area contributed by atoms with E-state index in [2.05, 4.69) is 20.4 Å². The molecule has 2 N–H and O–H groups in total. The van der Waals surface area contributed by atoms with Gasteiger partial charge in [0.25, 0.3) is 5.91 Å². The van der Waals surface area contributed by atoms with Crippen LogP contribution in [0.2, 0.25) is 0 Å². The molecule has 0 aliphatic carbocycles. The summed E-state index contributed by atoms with van der Waals surface area (Å²) in [5.41, 5.74) is 1.80. The van der Waals surface area contributed by atoms with E-state index in [1.54, 1.807) is 36.7 Å². The third kappa shape index (κ3) is 5.35. The molecule has 2 fully saturated rings. The Balaban J connectivity index is 1.35. The number of nitrogens with zero attached hydrogens (tertiary/aromatic N) is 3. The molecule has 2 aromatic carbocycles. The molecule has 184 valence electrons. The summed E-state index contributed by atoms with van der Waals surface area (Å²) in [6.07, 6.45) is 3.12. The predicted molar refractivity (Wildman–Crippen MR) is 129 cm³/mol. The molecule has 2 saturated heterocycles.